The number of phenols is 1. The van der Waals surface area contributed by atoms with E-state index in [1.54, 1.807) is 12.1 Å². The van der Waals surface area contributed by atoms with Crippen molar-refractivity contribution in [1.82, 2.24) is 5.32 Å². The monoisotopic (exact) mass is 207 g/mol. The molecule has 0 bridgehead atoms. The maximum Gasteiger partial charge on any atom is 0.115 e. The number of phenolic OH excluding ortho intramolecular Hbond substituents is 1. The topological polar surface area (TPSA) is 32.3 Å². The van der Waals surface area contributed by atoms with Crippen LogP contribution in [0.3, 0.4) is 0 Å². The Balaban J connectivity index is 2.53. The molecule has 1 unspecified atom stereocenters. The van der Waals surface area contributed by atoms with E-state index in [1.807, 2.05) is 12.1 Å². The lowest BCUT2D eigenvalue weighted by atomic mass is 10.0. The Bertz CT molecular complexity index is 262. The van der Waals surface area contributed by atoms with E-state index < -0.39 is 0 Å². The van der Waals surface area contributed by atoms with E-state index in [9.17, 15) is 5.11 Å². The standard InChI is InChI=1S/C13H21NO/c1-3-5-12(14-4-2)10-11-6-8-13(15)9-7-11/h6-9,12,14-15H,3-5,10H2,1-2H3. The highest BCUT2D eigenvalue weighted by Crippen LogP contribution is 2.12. The molecule has 84 valence electrons. The molecule has 0 aliphatic heterocycles. The summed E-state index contributed by atoms with van der Waals surface area (Å²) in [5.74, 6) is 0.342. The van der Waals surface area contributed by atoms with Crippen molar-refractivity contribution in [2.75, 3.05) is 6.54 Å². The van der Waals surface area contributed by atoms with Crippen LogP contribution in [0.1, 0.15) is 32.3 Å². The molecule has 0 aliphatic rings. The summed E-state index contributed by atoms with van der Waals surface area (Å²) in [6.45, 7) is 5.36. The van der Waals surface area contributed by atoms with E-state index in [-0.39, 0.29) is 0 Å². The van der Waals surface area contributed by atoms with Gasteiger partial charge in [0.05, 0.1) is 0 Å². The molecule has 0 aromatic heterocycles. The van der Waals surface area contributed by atoms with E-state index in [2.05, 4.69) is 19.2 Å². The molecular formula is C13H21NO. The second-order valence-electron chi connectivity index (χ2n) is 3.91. The van der Waals surface area contributed by atoms with Crippen molar-refractivity contribution in [2.24, 2.45) is 0 Å². The molecule has 1 aromatic rings. The Morgan fingerprint density at radius 2 is 1.87 bits per heavy atom. The highest BCUT2D eigenvalue weighted by atomic mass is 16.3. The maximum absolute atomic E-state index is 9.18. The van der Waals surface area contributed by atoms with Crippen LogP contribution in [0.15, 0.2) is 24.3 Å². The van der Waals surface area contributed by atoms with Crippen molar-refractivity contribution in [3.8, 4) is 5.75 Å². The number of rotatable bonds is 6. The number of hydrogen-bond donors (Lipinski definition) is 2. The zero-order valence-corrected chi connectivity index (χ0v) is 9.66. The molecule has 15 heavy (non-hydrogen) atoms. The van der Waals surface area contributed by atoms with E-state index in [0.29, 0.717) is 11.8 Å². The van der Waals surface area contributed by atoms with Crippen LogP contribution >= 0.6 is 0 Å². The molecule has 0 radical (unpaired) electrons. The first-order valence-electron chi connectivity index (χ1n) is 5.77. The fraction of sp³-hybridized carbons (Fsp3) is 0.538. The Morgan fingerprint density at radius 3 is 2.40 bits per heavy atom. The van der Waals surface area contributed by atoms with Gasteiger partial charge in [-0.15, -0.1) is 0 Å². The third-order valence-electron chi connectivity index (χ3n) is 2.55. The Labute approximate surface area is 92.3 Å². The Kier molecular flexibility index (Phi) is 5.19. The fourth-order valence-corrected chi connectivity index (χ4v) is 1.83. The SMILES string of the molecule is CCCC(Cc1ccc(O)cc1)NCC. The minimum Gasteiger partial charge on any atom is -0.508 e. The van der Waals surface area contributed by atoms with Gasteiger partial charge in [0, 0.05) is 6.04 Å². The summed E-state index contributed by atoms with van der Waals surface area (Å²) in [5, 5.41) is 12.7. The zero-order valence-electron chi connectivity index (χ0n) is 9.66. The summed E-state index contributed by atoms with van der Waals surface area (Å²) in [5.41, 5.74) is 1.28. The molecule has 1 aromatic carbocycles. The van der Waals surface area contributed by atoms with Crippen LogP contribution in [-0.2, 0) is 6.42 Å². The van der Waals surface area contributed by atoms with Gasteiger partial charge in [0.1, 0.15) is 5.75 Å². The largest absolute Gasteiger partial charge is 0.508 e. The van der Waals surface area contributed by atoms with Crippen molar-refractivity contribution in [3.05, 3.63) is 29.8 Å². The highest BCUT2D eigenvalue weighted by molar-refractivity contribution is 5.26. The van der Waals surface area contributed by atoms with Gasteiger partial charge in [-0.1, -0.05) is 32.4 Å². The van der Waals surface area contributed by atoms with E-state index in [4.69, 9.17) is 0 Å². The molecule has 0 heterocycles. The van der Waals surface area contributed by atoms with Crippen LogP contribution < -0.4 is 5.32 Å². The second kappa shape index (κ2) is 6.46. The third kappa shape index (κ3) is 4.34. The summed E-state index contributed by atoms with van der Waals surface area (Å²) >= 11 is 0. The van der Waals surface area contributed by atoms with Gasteiger partial charge in [-0.2, -0.15) is 0 Å². The van der Waals surface area contributed by atoms with Crippen LogP contribution in [0.5, 0.6) is 5.75 Å². The van der Waals surface area contributed by atoms with Gasteiger partial charge < -0.3 is 10.4 Å². The van der Waals surface area contributed by atoms with Crippen LogP contribution in [0.2, 0.25) is 0 Å². The number of nitrogens with one attached hydrogen (secondary N) is 1. The number of hydrogen-bond acceptors (Lipinski definition) is 2. The summed E-state index contributed by atoms with van der Waals surface area (Å²) < 4.78 is 0. The highest BCUT2D eigenvalue weighted by Gasteiger charge is 2.06. The van der Waals surface area contributed by atoms with Crippen LogP contribution in [0.4, 0.5) is 0 Å². The minimum absolute atomic E-state index is 0.342. The predicted octanol–water partition coefficient (Wildman–Crippen LogP) is 2.71. The average Bonchev–Trinajstić information content (AvgIpc) is 2.22. The summed E-state index contributed by atoms with van der Waals surface area (Å²) in [6.07, 6.45) is 3.45. The predicted molar refractivity (Wildman–Crippen MR) is 64.2 cm³/mol. The van der Waals surface area contributed by atoms with Gasteiger partial charge in [0.15, 0.2) is 0 Å². The van der Waals surface area contributed by atoms with Crippen LogP contribution in [0, 0.1) is 0 Å². The van der Waals surface area contributed by atoms with E-state index in [1.165, 1.54) is 18.4 Å². The molecule has 2 nitrogen and oxygen atoms in total. The third-order valence-corrected chi connectivity index (χ3v) is 2.55. The summed E-state index contributed by atoms with van der Waals surface area (Å²) in [7, 11) is 0. The first kappa shape index (κ1) is 12.1. The fourth-order valence-electron chi connectivity index (χ4n) is 1.83. The first-order chi connectivity index (χ1) is 7.26. The molecule has 0 fully saturated rings. The van der Waals surface area contributed by atoms with Gasteiger partial charge in [-0.25, -0.2) is 0 Å². The zero-order chi connectivity index (χ0) is 11.1. The number of aromatic hydroxyl groups is 1. The number of likely N-dealkylation sites (N-methyl/N-ethyl adjacent to an activating group) is 1. The van der Waals surface area contributed by atoms with Gasteiger partial charge in [-0.3, -0.25) is 0 Å². The molecule has 0 aliphatic carbocycles. The first-order valence-corrected chi connectivity index (χ1v) is 5.77. The number of benzene rings is 1. The smallest absolute Gasteiger partial charge is 0.115 e. The molecule has 1 rings (SSSR count). The lowest BCUT2D eigenvalue weighted by Gasteiger charge is -2.17. The lowest BCUT2D eigenvalue weighted by Crippen LogP contribution is -2.30. The Morgan fingerprint density at radius 1 is 1.20 bits per heavy atom. The van der Waals surface area contributed by atoms with E-state index >= 15 is 0 Å². The maximum atomic E-state index is 9.18. The average molecular weight is 207 g/mol. The normalized spacial score (nSPS) is 12.7. The lowest BCUT2D eigenvalue weighted by molar-refractivity contribution is 0.472. The van der Waals surface area contributed by atoms with Crippen LogP contribution in [0.25, 0.3) is 0 Å². The van der Waals surface area contributed by atoms with Crippen molar-refractivity contribution in [1.29, 1.82) is 0 Å². The van der Waals surface area contributed by atoms with Gasteiger partial charge >= 0.3 is 0 Å². The second-order valence-corrected chi connectivity index (χ2v) is 3.91. The molecule has 0 saturated heterocycles. The van der Waals surface area contributed by atoms with Crippen molar-refractivity contribution in [3.63, 3.8) is 0 Å². The minimum atomic E-state index is 0.342. The van der Waals surface area contributed by atoms with E-state index in [0.717, 1.165) is 13.0 Å². The molecule has 0 spiro atoms. The van der Waals surface area contributed by atoms with Gasteiger partial charge in [0.25, 0.3) is 0 Å². The van der Waals surface area contributed by atoms with Crippen molar-refractivity contribution >= 4 is 0 Å². The molecular weight excluding hydrogens is 186 g/mol. The molecule has 1 atom stereocenters. The molecule has 2 N–H and O–H groups in total. The van der Waals surface area contributed by atoms with Crippen molar-refractivity contribution < 1.29 is 5.11 Å². The molecule has 0 amide bonds. The quantitative estimate of drug-likeness (QED) is 0.751. The van der Waals surface area contributed by atoms with Crippen LogP contribution in [-0.4, -0.2) is 17.7 Å². The molecule has 2 heteroatoms. The van der Waals surface area contributed by atoms with Gasteiger partial charge in [0.2, 0.25) is 0 Å². The Hall–Kier alpha value is -1.02. The molecule has 0 saturated carbocycles. The van der Waals surface area contributed by atoms with Gasteiger partial charge in [-0.05, 0) is 37.1 Å². The summed E-state index contributed by atoms with van der Waals surface area (Å²) in [6, 6.07) is 8.06. The van der Waals surface area contributed by atoms with Crippen molar-refractivity contribution in [2.45, 2.75) is 39.2 Å². The summed E-state index contributed by atoms with van der Waals surface area (Å²) in [4.78, 5) is 0.